The molecular weight excluding hydrogens is 402 g/mol. The normalized spacial score (nSPS) is 17.0. The van der Waals surface area contributed by atoms with E-state index in [1.165, 1.54) is 36.0 Å². The van der Waals surface area contributed by atoms with E-state index in [0.29, 0.717) is 0 Å². The Labute approximate surface area is 192 Å². The largest absolute Gasteiger partial charge is 0.468 e. The van der Waals surface area contributed by atoms with Crippen molar-refractivity contribution in [1.29, 1.82) is 0 Å². The lowest BCUT2D eigenvalue weighted by molar-refractivity contribution is -0.148. The van der Waals surface area contributed by atoms with Gasteiger partial charge in [-0.3, -0.25) is 4.79 Å². The minimum Gasteiger partial charge on any atom is -0.468 e. The van der Waals surface area contributed by atoms with Crippen LogP contribution in [0.3, 0.4) is 0 Å². The Morgan fingerprint density at radius 1 is 0.968 bits per heavy atom. The quantitative estimate of drug-likeness (QED) is 0.361. The summed E-state index contributed by atoms with van der Waals surface area (Å²) >= 11 is 1.64. The van der Waals surface area contributed by atoms with E-state index in [4.69, 9.17) is 4.74 Å². The molecule has 0 aliphatic heterocycles. The number of rotatable bonds is 7. The lowest BCUT2D eigenvalue weighted by Gasteiger charge is -2.42. The smallest absolute Gasteiger partial charge is 0.316 e. The highest BCUT2D eigenvalue weighted by Crippen LogP contribution is 2.46. The molecule has 0 heterocycles. The second-order valence-electron chi connectivity index (χ2n) is 10.0. The summed E-state index contributed by atoms with van der Waals surface area (Å²) in [5, 5.41) is 0. The summed E-state index contributed by atoms with van der Waals surface area (Å²) in [6.07, 6.45) is 3.89. The molecule has 1 aliphatic rings. The molecule has 31 heavy (non-hydrogen) atoms. The average molecular weight is 440 g/mol. The van der Waals surface area contributed by atoms with Gasteiger partial charge in [-0.25, -0.2) is 0 Å². The van der Waals surface area contributed by atoms with Crippen LogP contribution in [-0.2, 0) is 25.8 Å². The summed E-state index contributed by atoms with van der Waals surface area (Å²) in [5.74, 6) is -0.160. The van der Waals surface area contributed by atoms with E-state index < -0.39 is 5.41 Å². The zero-order valence-corrected chi connectivity index (χ0v) is 20.9. The van der Waals surface area contributed by atoms with E-state index in [9.17, 15) is 4.79 Å². The molecule has 168 valence electrons. The van der Waals surface area contributed by atoms with Crippen LogP contribution in [0.5, 0.6) is 0 Å². The number of carbonyl (C=O) groups excluding carboxylic acids is 1. The predicted molar refractivity (Wildman–Crippen MR) is 132 cm³/mol. The lowest BCUT2D eigenvalue weighted by atomic mass is 9.63. The maximum atomic E-state index is 12.5. The number of hydrogen-bond donors (Lipinski definition) is 1. The number of benzene rings is 2. The van der Waals surface area contributed by atoms with Crippen molar-refractivity contribution in [3.8, 4) is 0 Å². The number of hydrogen-bond acceptors (Lipinski definition) is 4. The number of methoxy groups -OCH3 is 1. The predicted octanol–water partition coefficient (Wildman–Crippen LogP) is 7.39. The second-order valence-corrected chi connectivity index (χ2v) is 10.9. The minimum absolute atomic E-state index is 0.160. The molecule has 0 bridgehead atoms. The van der Waals surface area contributed by atoms with Crippen molar-refractivity contribution < 1.29 is 9.53 Å². The van der Waals surface area contributed by atoms with Gasteiger partial charge >= 0.3 is 5.97 Å². The van der Waals surface area contributed by atoms with Crippen LogP contribution in [0.4, 0.5) is 5.69 Å². The van der Waals surface area contributed by atoms with Gasteiger partial charge in [-0.2, -0.15) is 0 Å². The van der Waals surface area contributed by atoms with Crippen LogP contribution in [0.2, 0.25) is 0 Å². The lowest BCUT2D eigenvalue weighted by Crippen LogP contribution is -2.35. The Balaban J connectivity index is 1.78. The van der Waals surface area contributed by atoms with Gasteiger partial charge < -0.3 is 9.46 Å². The number of esters is 1. The van der Waals surface area contributed by atoms with Crippen LogP contribution in [0.25, 0.3) is 0 Å². The molecule has 2 aromatic carbocycles. The maximum Gasteiger partial charge on any atom is 0.316 e. The van der Waals surface area contributed by atoms with Gasteiger partial charge in [0.05, 0.1) is 12.5 Å². The van der Waals surface area contributed by atoms with Crippen molar-refractivity contribution >= 4 is 23.6 Å². The highest BCUT2D eigenvalue weighted by molar-refractivity contribution is 8.00. The first-order valence-corrected chi connectivity index (χ1v) is 12.2. The van der Waals surface area contributed by atoms with E-state index in [-0.39, 0.29) is 16.8 Å². The van der Waals surface area contributed by atoms with E-state index in [1.807, 2.05) is 26.0 Å². The van der Waals surface area contributed by atoms with E-state index in [0.717, 1.165) is 24.1 Å². The number of anilines is 1. The third kappa shape index (κ3) is 4.50. The van der Waals surface area contributed by atoms with Gasteiger partial charge in [-0.1, -0.05) is 59.7 Å². The van der Waals surface area contributed by atoms with Crippen molar-refractivity contribution in [3.63, 3.8) is 0 Å². The van der Waals surface area contributed by atoms with Crippen molar-refractivity contribution in [3.05, 3.63) is 59.2 Å². The molecule has 3 rings (SSSR count). The highest BCUT2D eigenvalue weighted by atomic mass is 32.2. The van der Waals surface area contributed by atoms with Gasteiger partial charge in [-0.15, -0.1) is 0 Å². The summed E-state index contributed by atoms with van der Waals surface area (Å²) in [5.41, 5.74) is 4.87. The summed E-state index contributed by atoms with van der Waals surface area (Å²) in [4.78, 5) is 13.7. The SMILES string of the molecule is CCC(CC)(C(=O)OC)c1ccc(NSc2ccc3c(c2)C(C)(C)CCC3(C)C)cc1. The van der Waals surface area contributed by atoms with Crippen LogP contribution in [-0.4, -0.2) is 13.1 Å². The molecule has 0 aromatic heterocycles. The molecule has 0 saturated carbocycles. The Hall–Kier alpha value is -1.94. The van der Waals surface area contributed by atoms with Crippen LogP contribution in [0, 0.1) is 0 Å². The summed E-state index contributed by atoms with van der Waals surface area (Å²) < 4.78 is 8.58. The Kier molecular flexibility index (Phi) is 6.81. The van der Waals surface area contributed by atoms with Crippen molar-refractivity contribution in [1.82, 2.24) is 0 Å². The molecule has 0 amide bonds. The van der Waals surface area contributed by atoms with Crippen LogP contribution in [0.1, 0.15) is 83.9 Å². The molecular formula is C27H37NO2S. The third-order valence-electron chi connectivity index (χ3n) is 7.33. The Morgan fingerprint density at radius 3 is 2.10 bits per heavy atom. The van der Waals surface area contributed by atoms with Crippen molar-refractivity contribution in [2.24, 2.45) is 0 Å². The minimum atomic E-state index is -0.572. The van der Waals surface area contributed by atoms with Crippen molar-refractivity contribution in [2.45, 2.75) is 88.4 Å². The molecule has 2 aromatic rings. The maximum absolute atomic E-state index is 12.5. The number of fused-ring (bicyclic) bond motifs is 1. The van der Waals surface area contributed by atoms with Crippen LogP contribution in [0.15, 0.2) is 47.4 Å². The zero-order chi connectivity index (χ0) is 22.9. The fraction of sp³-hybridized carbons (Fsp3) is 0.519. The molecule has 3 nitrogen and oxygen atoms in total. The molecule has 0 fully saturated rings. The van der Waals surface area contributed by atoms with Gasteiger partial charge in [-0.05, 0) is 89.4 Å². The molecule has 0 spiro atoms. The van der Waals surface area contributed by atoms with E-state index in [2.05, 4.69) is 62.7 Å². The molecule has 1 aliphatic carbocycles. The van der Waals surface area contributed by atoms with Gasteiger partial charge in [0.2, 0.25) is 0 Å². The van der Waals surface area contributed by atoms with Crippen LogP contribution >= 0.6 is 11.9 Å². The van der Waals surface area contributed by atoms with Gasteiger partial charge in [0.1, 0.15) is 0 Å². The standard InChI is InChI=1S/C27H37NO2S/c1-8-27(9-2,24(29)30-7)19-10-12-20(13-11-19)28-31-21-14-15-22-23(18-21)26(5,6)17-16-25(22,3)4/h10-15,18,28H,8-9,16-17H2,1-7H3. The first-order chi connectivity index (χ1) is 14.6. The molecule has 0 atom stereocenters. The number of nitrogens with one attached hydrogen (secondary N) is 1. The van der Waals surface area contributed by atoms with Gasteiger partial charge in [0, 0.05) is 10.6 Å². The van der Waals surface area contributed by atoms with Crippen LogP contribution < -0.4 is 4.72 Å². The van der Waals surface area contributed by atoms with E-state index in [1.54, 1.807) is 11.9 Å². The second kappa shape index (κ2) is 8.90. The molecule has 4 heteroatoms. The Morgan fingerprint density at radius 2 is 1.55 bits per heavy atom. The Bertz CT molecular complexity index is 927. The molecule has 0 saturated heterocycles. The molecule has 0 unspecified atom stereocenters. The number of carbonyl (C=O) groups is 1. The third-order valence-corrected chi connectivity index (χ3v) is 8.16. The fourth-order valence-corrected chi connectivity index (χ4v) is 5.55. The monoisotopic (exact) mass is 439 g/mol. The molecule has 1 N–H and O–H groups in total. The summed E-state index contributed by atoms with van der Waals surface area (Å²) in [7, 11) is 1.47. The summed E-state index contributed by atoms with van der Waals surface area (Å²) in [6, 6.07) is 15.1. The van der Waals surface area contributed by atoms with Crippen molar-refractivity contribution in [2.75, 3.05) is 11.8 Å². The molecule has 0 radical (unpaired) electrons. The highest BCUT2D eigenvalue weighted by Gasteiger charge is 2.38. The van der Waals surface area contributed by atoms with Gasteiger partial charge in [0.15, 0.2) is 0 Å². The zero-order valence-electron chi connectivity index (χ0n) is 20.1. The fourth-order valence-electron chi connectivity index (χ4n) is 4.87. The average Bonchev–Trinajstić information content (AvgIpc) is 2.77. The first kappa shape index (κ1) is 23.7. The summed E-state index contributed by atoms with van der Waals surface area (Å²) in [6.45, 7) is 13.5. The number of ether oxygens (including phenoxy) is 1. The van der Waals surface area contributed by atoms with E-state index >= 15 is 0 Å². The topological polar surface area (TPSA) is 38.3 Å². The van der Waals surface area contributed by atoms with Gasteiger partial charge in [0.25, 0.3) is 0 Å². The first-order valence-electron chi connectivity index (χ1n) is 11.4.